The van der Waals surface area contributed by atoms with E-state index in [9.17, 15) is 19.0 Å². The molecule has 0 amide bonds. The van der Waals surface area contributed by atoms with Gasteiger partial charge in [0.15, 0.2) is 0 Å². The van der Waals surface area contributed by atoms with E-state index in [0.717, 1.165) is 103 Å². The van der Waals surface area contributed by atoms with Gasteiger partial charge >= 0.3 is 19.8 Å². The van der Waals surface area contributed by atoms with E-state index in [0.29, 0.717) is 13.0 Å². The van der Waals surface area contributed by atoms with E-state index < -0.39 is 45.1 Å². The number of hydrogen-bond acceptors (Lipinski definition) is 8. The lowest BCUT2D eigenvalue weighted by Gasteiger charge is -2.20. The molecule has 4 N–H and O–H groups in total. The normalized spacial score (nSPS) is 14.4. The quantitative estimate of drug-likeness (QED) is 0.0232. The molecule has 11 heteroatoms. The first-order valence-electron chi connectivity index (χ1n) is 26.3. The number of nitrogens with two attached hydrogens (primary N) is 1. The van der Waals surface area contributed by atoms with Crippen molar-refractivity contribution in [3.8, 4) is 0 Å². The van der Waals surface area contributed by atoms with Crippen LogP contribution in [0.1, 0.15) is 206 Å². The van der Waals surface area contributed by atoms with Crippen LogP contribution in [-0.4, -0.2) is 60.5 Å². The van der Waals surface area contributed by atoms with Crippen molar-refractivity contribution in [3.63, 3.8) is 0 Å². The third kappa shape index (κ3) is 50.6. The van der Waals surface area contributed by atoms with Gasteiger partial charge in [-0.15, -0.1) is 0 Å². The zero-order valence-corrected chi connectivity index (χ0v) is 43.1. The summed E-state index contributed by atoms with van der Waals surface area (Å²) < 4.78 is 33.5. The fraction of sp³-hybridized carbons (Fsp3) is 0.679. The van der Waals surface area contributed by atoms with Crippen molar-refractivity contribution in [2.75, 3.05) is 26.4 Å². The molecule has 0 bridgehead atoms. The summed E-state index contributed by atoms with van der Waals surface area (Å²) in [5.74, 6) is -1.81. The first-order valence-corrected chi connectivity index (χ1v) is 27.8. The van der Waals surface area contributed by atoms with Gasteiger partial charge in [0.05, 0.1) is 19.8 Å². The Balaban J connectivity index is 4.21. The maximum Gasteiger partial charge on any atom is 0.472 e. The third-order valence-corrected chi connectivity index (χ3v) is 11.8. The highest BCUT2D eigenvalue weighted by atomic mass is 31.2. The lowest BCUT2D eigenvalue weighted by Crippen LogP contribution is -2.34. The molecule has 0 radical (unpaired) electrons. The average Bonchev–Trinajstić information content (AvgIpc) is 3.31. The van der Waals surface area contributed by atoms with E-state index in [1.54, 1.807) is 0 Å². The number of esters is 1. The van der Waals surface area contributed by atoms with Crippen molar-refractivity contribution in [1.82, 2.24) is 0 Å². The fourth-order valence-electron chi connectivity index (χ4n) is 6.81. The zero-order chi connectivity index (χ0) is 49.0. The molecule has 0 aromatic rings. The summed E-state index contributed by atoms with van der Waals surface area (Å²) >= 11 is 0. The molecule has 0 aromatic heterocycles. The smallest absolute Gasteiger partial charge is 0.472 e. The SMILES string of the molecule is CC/C=C\C/C=C\C/C=C\C/C=C\C/C=C\CCCCCCCC(=O)OC(COCCCCCCCCCCC/C=C\C/C=C\C/C=C\CCCCCCC)COP(=O)(O)OCC(N)C(=O)O. The molecule has 0 aromatic carbocycles. The second-order valence-corrected chi connectivity index (χ2v) is 18.7. The Bertz CT molecular complexity index is 1430. The van der Waals surface area contributed by atoms with Crippen molar-refractivity contribution in [1.29, 1.82) is 0 Å². The Hall–Kier alpha value is -3.11. The number of phosphoric ester groups is 1. The number of phosphoric acid groups is 1. The minimum Gasteiger partial charge on any atom is -0.480 e. The van der Waals surface area contributed by atoms with Gasteiger partial charge in [0, 0.05) is 13.0 Å². The Morgan fingerprint density at radius 3 is 1.30 bits per heavy atom. The Morgan fingerprint density at radius 1 is 0.493 bits per heavy atom. The molecule has 0 fully saturated rings. The van der Waals surface area contributed by atoms with Crippen molar-refractivity contribution < 1.29 is 42.7 Å². The van der Waals surface area contributed by atoms with Gasteiger partial charge in [-0.2, -0.15) is 0 Å². The Morgan fingerprint density at radius 2 is 0.866 bits per heavy atom. The van der Waals surface area contributed by atoms with Crippen LogP contribution in [0.4, 0.5) is 0 Å². The Kier molecular flexibility index (Phi) is 48.4. The van der Waals surface area contributed by atoms with Crippen molar-refractivity contribution in [3.05, 3.63) is 97.2 Å². The minimum atomic E-state index is -4.64. The highest BCUT2D eigenvalue weighted by Gasteiger charge is 2.27. The lowest BCUT2D eigenvalue weighted by atomic mass is 10.1. The summed E-state index contributed by atoms with van der Waals surface area (Å²) in [7, 11) is -4.64. The summed E-state index contributed by atoms with van der Waals surface area (Å²) in [6.45, 7) is 3.72. The standard InChI is InChI=1S/C56H96NO9P/c1-3-5-7-9-11-13-15-17-19-21-23-25-26-27-29-31-33-35-37-39-41-43-45-47-49-63-50-53(51-64-67(61,62)65-52-54(57)56(59)60)66-55(58)48-46-44-42-40-38-36-34-32-30-28-24-22-20-18-16-14-12-10-8-6-4-2/h6,8,12,14-15,17-18,20-21,23-24,26-28,32,34,53-54H,3-5,7,9-11,13,16,19,22,25,29-31,33,35-52,57H2,1-2H3,(H,59,60)(H,61,62)/b8-6-,14-12-,17-15-,20-18-,23-21-,27-26-,28-24-,34-32-. The van der Waals surface area contributed by atoms with Crippen LogP contribution in [-0.2, 0) is 32.7 Å². The number of carboxylic acid groups (broad SMARTS) is 1. The number of rotatable bonds is 49. The topological polar surface area (TPSA) is 155 Å². The predicted octanol–water partition coefficient (Wildman–Crippen LogP) is 15.7. The number of carbonyl (C=O) groups is 2. The lowest BCUT2D eigenvalue weighted by molar-refractivity contribution is -0.154. The summed E-state index contributed by atoms with van der Waals surface area (Å²) in [5, 5.41) is 8.94. The van der Waals surface area contributed by atoms with Crippen LogP contribution in [0.5, 0.6) is 0 Å². The molecule has 0 heterocycles. The predicted molar refractivity (Wildman–Crippen MR) is 281 cm³/mol. The van der Waals surface area contributed by atoms with E-state index in [1.165, 1.54) is 77.0 Å². The first-order chi connectivity index (χ1) is 32.7. The molecule has 0 saturated heterocycles. The number of allylic oxidation sites excluding steroid dienone is 16. The van der Waals surface area contributed by atoms with Crippen LogP contribution in [0.2, 0.25) is 0 Å². The van der Waals surface area contributed by atoms with Crippen LogP contribution in [0.3, 0.4) is 0 Å². The van der Waals surface area contributed by atoms with Crippen LogP contribution in [0, 0.1) is 0 Å². The third-order valence-electron chi connectivity index (χ3n) is 10.8. The van der Waals surface area contributed by atoms with Gasteiger partial charge in [0.25, 0.3) is 0 Å². The van der Waals surface area contributed by atoms with Crippen molar-refractivity contribution >= 4 is 19.8 Å². The molecule has 3 unspecified atom stereocenters. The summed E-state index contributed by atoms with van der Waals surface area (Å²) in [6.07, 6.45) is 67.5. The zero-order valence-electron chi connectivity index (χ0n) is 42.2. The number of ether oxygens (including phenoxy) is 2. The molecular formula is C56H96NO9P. The molecule has 384 valence electrons. The van der Waals surface area contributed by atoms with E-state index in [4.69, 9.17) is 29.4 Å². The largest absolute Gasteiger partial charge is 0.480 e. The van der Waals surface area contributed by atoms with Gasteiger partial charge < -0.3 is 25.2 Å². The molecular weight excluding hydrogens is 862 g/mol. The van der Waals surface area contributed by atoms with E-state index in [2.05, 4.69) is 111 Å². The van der Waals surface area contributed by atoms with Gasteiger partial charge in [-0.3, -0.25) is 18.6 Å². The van der Waals surface area contributed by atoms with E-state index >= 15 is 0 Å². The second kappa shape index (κ2) is 50.8. The second-order valence-electron chi connectivity index (χ2n) is 17.3. The molecule has 0 aliphatic heterocycles. The Labute approximate surface area is 409 Å². The molecule has 10 nitrogen and oxygen atoms in total. The molecule has 0 aliphatic carbocycles. The molecule has 3 atom stereocenters. The van der Waals surface area contributed by atoms with Gasteiger partial charge in [0.2, 0.25) is 0 Å². The maximum absolute atomic E-state index is 12.7. The highest BCUT2D eigenvalue weighted by molar-refractivity contribution is 7.47. The summed E-state index contributed by atoms with van der Waals surface area (Å²) in [6, 6.07) is -1.48. The highest BCUT2D eigenvalue weighted by Crippen LogP contribution is 2.43. The van der Waals surface area contributed by atoms with Crippen LogP contribution in [0.25, 0.3) is 0 Å². The van der Waals surface area contributed by atoms with Gasteiger partial charge in [-0.1, -0.05) is 201 Å². The number of carboxylic acids is 1. The fourth-order valence-corrected chi connectivity index (χ4v) is 7.59. The molecule has 0 saturated carbocycles. The molecule has 0 spiro atoms. The number of unbranched alkanes of at least 4 members (excludes halogenated alkanes) is 19. The van der Waals surface area contributed by atoms with E-state index in [-0.39, 0.29) is 13.0 Å². The van der Waals surface area contributed by atoms with Crippen molar-refractivity contribution in [2.45, 2.75) is 219 Å². The van der Waals surface area contributed by atoms with Crippen molar-refractivity contribution in [2.24, 2.45) is 5.73 Å². The van der Waals surface area contributed by atoms with Gasteiger partial charge in [0.1, 0.15) is 12.1 Å². The van der Waals surface area contributed by atoms with Gasteiger partial charge in [-0.25, -0.2) is 4.57 Å². The number of carbonyl (C=O) groups excluding carboxylic acids is 1. The molecule has 0 aliphatic rings. The van der Waals surface area contributed by atoms with Gasteiger partial charge in [-0.05, 0) is 96.3 Å². The molecule has 0 rings (SSSR count). The summed E-state index contributed by atoms with van der Waals surface area (Å²) in [5.41, 5.74) is 5.38. The average molecular weight is 958 g/mol. The number of hydrogen-bond donors (Lipinski definition) is 3. The number of aliphatic carboxylic acids is 1. The molecule has 67 heavy (non-hydrogen) atoms. The minimum absolute atomic E-state index is 0.000969. The summed E-state index contributed by atoms with van der Waals surface area (Å²) in [4.78, 5) is 33.7. The van der Waals surface area contributed by atoms with Crippen LogP contribution >= 0.6 is 7.82 Å². The van der Waals surface area contributed by atoms with E-state index in [1.807, 2.05) is 0 Å². The first kappa shape index (κ1) is 63.9. The van der Waals surface area contributed by atoms with Crippen LogP contribution in [0.15, 0.2) is 97.2 Å². The van der Waals surface area contributed by atoms with Crippen LogP contribution < -0.4 is 5.73 Å². The maximum atomic E-state index is 12.7. The monoisotopic (exact) mass is 958 g/mol.